The van der Waals surface area contributed by atoms with E-state index in [0.29, 0.717) is 0 Å². The summed E-state index contributed by atoms with van der Waals surface area (Å²) in [5.41, 5.74) is 16.4. The van der Waals surface area contributed by atoms with E-state index in [0.717, 1.165) is 45.7 Å². The normalized spacial score (nSPS) is 15.8. The van der Waals surface area contributed by atoms with E-state index in [1.807, 2.05) is 12.1 Å². The fourth-order valence-electron chi connectivity index (χ4n) is 9.08. The molecule has 0 spiro atoms. The van der Waals surface area contributed by atoms with Gasteiger partial charge in [-0.05, 0) is 105 Å². The molecular weight excluding hydrogens is 637 g/mol. The van der Waals surface area contributed by atoms with Gasteiger partial charge in [0.2, 0.25) is 0 Å². The van der Waals surface area contributed by atoms with Crippen molar-refractivity contribution in [2.24, 2.45) is 0 Å². The second kappa shape index (κ2) is 10.2. The maximum atomic E-state index is 6.41. The summed E-state index contributed by atoms with van der Waals surface area (Å²) in [6.45, 7) is 9.33. The molecule has 0 aliphatic carbocycles. The molecule has 52 heavy (non-hydrogen) atoms. The van der Waals surface area contributed by atoms with Crippen molar-refractivity contribution in [1.82, 2.24) is 0 Å². The first kappa shape index (κ1) is 29.5. The smallest absolute Gasteiger partial charge is 0.151 e. The summed E-state index contributed by atoms with van der Waals surface area (Å²) in [4.78, 5) is 4.78. The van der Waals surface area contributed by atoms with E-state index in [-0.39, 0.29) is 10.8 Å². The van der Waals surface area contributed by atoms with Crippen LogP contribution in [0.3, 0.4) is 0 Å². The van der Waals surface area contributed by atoms with Gasteiger partial charge in [-0.2, -0.15) is 0 Å². The number of nitrogens with zero attached hydrogens (tertiary/aromatic N) is 2. The fourth-order valence-corrected chi connectivity index (χ4v) is 9.08. The molecule has 7 aromatic carbocycles. The molecule has 4 aliphatic rings. The van der Waals surface area contributed by atoms with Gasteiger partial charge in [0.25, 0.3) is 0 Å². The summed E-state index contributed by atoms with van der Waals surface area (Å²) in [5.74, 6) is 3.58. The Morgan fingerprint density at radius 2 is 0.731 bits per heavy atom. The summed E-state index contributed by atoms with van der Waals surface area (Å²) in [6, 6.07) is 52.6. The SMILES string of the molecule is CC1(C)c2cc(-c3ccc(-c4ccc5c(c4)C(C)(C)c4cccc6c4N5c4ccccc4O6)cc3)ccc2N2c3ccccc3Oc3cccc1c32. The summed E-state index contributed by atoms with van der Waals surface area (Å²) in [5, 5.41) is 0. The van der Waals surface area contributed by atoms with Crippen LogP contribution >= 0.6 is 0 Å². The van der Waals surface area contributed by atoms with Crippen LogP contribution in [0, 0.1) is 0 Å². The van der Waals surface area contributed by atoms with Crippen molar-refractivity contribution in [3.8, 4) is 45.3 Å². The Labute approximate surface area is 304 Å². The summed E-state index contributed by atoms with van der Waals surface area (Å²) < 4.78 is 12.8. The molecule has 0 aromatic heterocycles. The molecule has 11 rings (SSSR count). The highest BCUT2D eigenvalue weighted by molar-refractivity contribution is 5.95. The molecule has 0 radical (unpaired) electrons. The lowest BCUT2D eigenvalue weighted by Crippen LogP contribution is -2.32. The molecule has 0 unspecified atom stereocenters. The third-order valence-electron chi connectivity index (χ3n) is 11.8. The average molecular weight is 673 g/mol. The second-order valence-corrected chi connectivity index (χ2v) is 15.4. The third kappa shape index (κ3) is 3.87. The largest absolute Gasteiger partial charge is 0.453 e. The molecule has 0 fully saturated rings. The van der Waals surface area contributed by atoms with E-state index in [1.54, 1.807) is 0 Å². The van der Waals surface area contributed by atoms with E-state index in [1.165, 1.54) is 55.9 Å². The van der Waals surface area contributed by atoms with Crippen molar-refractivity contribution in [1.29, 1.82) is 0 Å². The van der Waals surface area contributed by atoms with Gasteiger partial charge in [-0.15, -0.1) is 0 Å². The van der Waals surface area contributed by atoms with Crippen LogP contribution in [0.4, 0.5) is 34.1 Å². The van der Waals surface area contributed by atoms with Gasteiger partial charge in [0, 0.05) is 10.8 Å². The standard InChI is InChI=1S/C48H36N2O2/c1-47(2)33-11-9-17-43-45(33)49(39-13-5-7-15-41(39)51-43)37-25-23-31(27-35(37)47)29-19-21-30(22-20-29)32-24-26-38-36(28-32)48(3,4)34-12-10-18-44-46(34)50(38)40-14-6-8-16-42(40)52-44/h5-28H,1-4H3. The topological polar surface area (TPSA) is 24.9 Å². The highest BCUT2D eigenvalue weighted by Gasteiger charge is 2.43. The van der Waals surface area contributed by atoms with Crippen molar-refractivity contribution >= 4 is 34.1 Å². The minimum atomic E-state index is -0.209. The van der Waals surface area contributed by atoms with E-state index >= 15 is 0 Å². The van der Waals surface area contributed by atoms with Crippen molar-refractivity contribution in [2.45, 2.75) is 38.5 Å². The van der Waals surface area contributed by atoms with Crippen LogP contribution in [0.1, 0.15) is 49.9 Å². The Hall–Kier alpha value is -6.26. The molecule has 7 aromatic rings. The van der Waals surface area contributed by atoms with Crippen LogP contribution in [0.25, 0.3) is 22.3 Å². The fraction of sp³-hybridized carbons (Fsp3) is 0.125. The van der Waals surface area contributed by atoms with Gasteiger partial charge in [0.1, 0.15) is 0 Å². The number of rotatable bonds is 2. The maximum absolute atomic E-state index is 6.41. The van der Waals surface area contributed by atoms with Crippen LogP contribution in [0.15, 0.2) is 146 Å². The number of ether oxygens (including phenoxy) is 2. The Morgan fingerprint density at radius 1 is 0.346 bits per heavy atom. The van der Waals surface area contributed by atoms with Gasteiger partial charge in [0.15, 0.2) is 23.0 Å². The zero-order valence-electron chi connectivity index (χ0n) is 29.6. The molecule has 4 heteroatoms. The summed E-state index contributed by atoms with van der Waals surface area (Å²) >= 11 is 0. The van der Waals surface area contributed by atoms with Crippen LogP contribution < -0.4 is 19.3 Å². The van der Waals surface area contributed by atoms with Crippen LogP contribution in [-0.4, -0.2) is 0 Å². The summed E-state index contributed by atoms with van der Waals surface area (Å²) in [7, 11) is 0. The number of fused-ring (bicyclic) bond motifs is 8. The first-order valence-corrected chi connectivity index (χ1v) is 18.1. The first-order chi connectivity index (χ1) is 25.3. The molecule has 0 amide bonds. The molecule has 0 N–H and O–H groups in total. The van der Waals surface area contributed by atoms with Gasteiger partial charge in [-0.25, -0.2) is 0 Å². The molecule has 4 nitrogen and oxygen atoms in total. The van der Waals surface area contributed by atoms with Crippen molar-refractivity contribution in [2.75, 3.05) is 9.80 Å². The average Bonchev–Trinajstić information content (AvgIpc) is 3.17. The monoisotopic (exact) mass is 672 g/mol. The second-order valence-electron chi connectivity index (χ2n) is 15.4. The lowest BCUT2D eigenvalue weighted by Gasteiger charge is -2.45. The zero-order chi connectivity index (χ0) is 34.9. The lowest BCUT2D eigenvalue weighted by molar-refractivity contribution is 0.471. The maximum Gasteiger partial charge on any atom is 0.151 e. The number of hydrogen-bond donors (Lipinski definition) is 0. The molecule has 0 saturated carbocycles. The predicted molar refractivity (Wildman–Crippen MR) is 211 cm³/mol. The highest BCUT2D eigenvalue weighted by atomic mass is 16.5. The van der Waals surface area contributed by atoms with Crippen molar-refractivity contribution in [3.05, 3.63) is 168 Å². The minimum absolute atomic E-state index is 0.209. The summed E-state index contributed by atoms with van der Waals surface area (Å²) in [6.07, 6.45) is 0. The zero-order valence-corrected chi connectivity index (χ0v) is 29.6. The Balaban J connectivity index is 0.981. The van der Waals surface area contributed by atoms with E-state index in [2.05, 4.69) is 171 Å². The van der Waals surface area contributed by atoms with Crippen LogP contribution in [-0.2, 0) is 10.8 Å². The van der Waals surface area contributed by atoms with Crippen LogP contribution in [0.5, 0.6) is 23.0 Å². The molecule has 4 aliphatic heterocycles. The van der Waals surface area contributed by atoms with Gasteiger partial charge in [-0.3, -0.25) is 0 Å². The van der Waals surface area contributed by atoms with Crippen molar-refractivity contribution < 1.29 is 9.47 Å². The molecule has 0 atom stereocenters. The minimum Gasteiger partial charge on any atom is -0.453 e. The Bertz CT molecular complexity index is 2470. The Morgan fingerprint density at radius 3 is 1.17 bits per heavy atom. The molecule has 0 saturated heterocycles. The van der Waals surface area contributed by atoms with Gasteiger partial charge < -0.3 is 19.3 Å². The number of para-hydroxylation sites is 6. The van der Waals surface area contributed by atoms with Crippen LogP contribution in [0.2, 0.25) is 0 Å². The highest BCUT2D eigenvalue weighted by Crippen LogP contribution is 2.61. The van der Waals surface area contributed by atoms with Gasteiger partial charge in [-0.1, -0.05) is 113 Å². The Kier molecular flexibility index (Phi) is 5.76. The predicted octanol–water partition coefficient (Wildman–Crippen LogP) is 13.5. The van der Waals surface area contributed by atoms with Gasteiger partial charge in [0.05, 0.1) is 34.1 Å². The van der Waals surface area contributed by atoms with E-state index in [4.69, 9.17) is 9.47 Å². The van der Waals surface area contributed by atoms with Gasteiger partial charge >= 0.3 is 0 Å². The number of benzene rings is 7. The molecule has 0 bridgehead atoms. The number of hydrogen-bond acceptors (Lipinski definition) is 4. The number of anilines is 6. The quantitative estimate of drug-likeness (QED) is 0.182. The van der Waals surface area contributed by atoms with E-state index < -0.39 is 0 Å². The molecular formula is C48H36N2O2. The first-order valence-electron chi connectivity index (χ1n) is 18.1. The molecule has 4 heterocycles. The lowest BCUT2D eigenvalue weighted by atomic mass is 9.72. The van der Waals surface area contributed by atoms with Crippen molar-refractivity contribution in [3.63, 3.8) is 0 Å². The van der Waals surface area contributed by atoms with E-state index in [9.17, 15) is 0 Å². The molecule has 250 valence electrons. The third-order valence-corrected chi connectivity index (χ3v) is 11.8.